The maximum absolute atomic E-state index is 11.1. The molecule has 0 aliphatic carbocycles. The van der Waals surface area contributed by atoms with Crippen LogP contribution in [0.15, 0.2) is 30.3 Å². The molecule has 1 aliphatic heterocycles. The van der Waals surface area contributed by atoms with Crippen LogP contribution >= 0.6 is 0 Å². The molecule has 0 saturated heterocycles. The third-order valence-corrected chi connectivity index (χ3v) is 2.18. The largest absolute Gasteiger partial charge is 0.372 e. The Labute approximate surface area is 77.3 Å². The number of benzene rings is 1. The maximum atomic E-state index is 11.1. The second-order valence-corrected chi connectivity index (χ2v) is 3.18. The lowest BCUT2D eigenvalue weighted by molar-refractivity contribution is -0.116. The highest BCUT2D eigenvalue weighted by atomic mass is 16.1. The van der Waals surface area contributed by atoms with E-state index in [1.165, 1.54) is 0 Å². The van der Waals surface area contributed by atoms with E-state index in [1.54, 1.807) is 6.92 Å². The number of rotatable bonds is 1. The van der Waals surface area contributed by atoms with Gasteiger partial charge in [-0.25, -0.2) is 0 Å². The highest BCUT2D eigenvalue weighted by molar-refractivity contribution is 5.90. The van der Waals surface area contributed by atoms with Crippen molar-refractivity contribution < 1.29 is 4.79 Å². The molecule has 0 bridgehead atoms. The first-order chi connectivity index (χ1) is 6.27. The van der Waals surface area contributed by atoms with E-state index in [0.29, 0.717) is 0 Å². The van der Waals surface area contributed by atoms with Crippen molar-refractivity contribution in [2.24, 2.45) is 0 Å². The molecule has 0 amide bonds. The molecule has 2 nitrogen and oxygen atoms in total. The van der Waals surface area contributed by atoms with Gasteiger partial charge in [0.25, 0.3) is 0 Å². The molecule has 1 heterocycles. The van der Waals surface area contributed by atoms with Gasteiger partial charge in [0.05, 0.1) is 0 Å². The molecule has 2 heteroatoms. The van der Waals surface area contributed by atoms with Crippen LogP contribution in [0.1, 0.15) is 12.5 Å². The summed E-state index contributed by atoms with van der Waals surface area (Å²) in [5.41, 5.74) is 2.17. The predicted molar refractivity (Wildman–Crippen MR) is 53.6 cm³/mol. The van der Waals surface area contributed by atoms with Crippen molar-refractivity contribution in [1.82, 2.24) is 0 Å². The number of ketones is 1. The van der Waals surface area contributed by atoms with Crippen LogP contribution in [0, 0.1) is 0 Å². The Kier molecular flexibility index (Phi) is 1.89. The van der Waals surface area contributed by atoms with Crippen molar-refractivity contribution in [3.05, 3.63) is 35.9 Å². The molecule has 66 valence electrons. The Morgan fingerprint density at radius 1 is 1.38 bits per heavy atom. The summed E-state index contributed by atoms with van der Waals surface area (Å²) in [5, 5.41) is 3.16. The molecule has 0 radical (unpaired) electrons. The summed E-state index contributed by atoms with van der Waals surface area (Å²) in [4.78, 5) is 11.1. The Morgan fingerprint density at radius 3 is 2.92 bits per heavy atom. The minimum atomic E-state index is -0.158. The summed E-state index contributed by atoms with van der Waals surface area (Å²) < 4.78 is 0. The molecule has 2 rings (SSSR count). The van der Waals surface area contributed by atoms with Gasteiger partial charge in [-0.3, -0.25) is 4.79 Å². The summed E-state index contributed by atoms with van der Waals surface area (Å²) in [6, 6.07) is 7.79. The Hall–Kier alpha value is -1.57. The van der Waals surface area contributed by atoms with Crippen molar-refractivity contribution in [3.8, 4) is 0 Å². The van der Waals surface area contributed by atoms with Gasteiger partial charge < -0.3 is 5.32 Å². The second kappa shape index (κ2) is 3.05. The van der Waals surface area contributed by atoms with E-state index in [0.717, 1.165) is 11.3 Å². The fraction of sp³-hybridized carbons (Fsp3) is 0.182. The van der Waals surface area contributed by atoms with Crippen LogP contribution < -0.4 is 5.32 Å². The zero-order valence-electron chi connectivity index (χ0n) is 7.45. The number of Topliss-reactive ketones (excluding diaryl/α,β-unsaturated/α-hetero) is 1. The first-order valence-electron chi connectivity index (χ1n) is 4.31. The van der Waals surface area contributed by atoms with Crippen LogP contribution in [0.4, 0.5) is 5.69 Å². The monoisotopic (exact) mass is 173 g/mol. The minimum Gasteiger partial charge on any atom is -0.372 e. The SMILES string of the molecule is CC(=O)C1C=Cc2ccccc2N1. The zero-order valence-corrected chi connectivity index (χ0v) is 7.45. The molecule has 13 heavy (non-hydrogen) atoms. The number of fused-ring (bicyclic) bond motifs is 1. The summed E-state index contributed by atoms with van der Waals surface area (Å²) in [6.07, 6.45) is 3.88. The van der Waals surface area contributed by atoms with Gasteiger partial charge in [-0.1, -0.05) is 30.4 Å². The van der Waals surface area contributed by atoms with Gasteiger partial charge in [0, 0.05) is 5.69 Å². The lowest BCUT2D eigenvalue weighted by atomic mass is 10.0. The van der Waals surface area contributed by atoms with Gasteiger partial charge in [0.15, 0.2) is 5.78 Å². The van der Waals surface area contributed by atoms with Crippen LogP contribution in [0.3, 0.4) is 0 Å². The smallest absolute Gasteiger partial charge is 0.155 e. The Bertz CT molecular complexity index is 368. The Morgan fingerprint density at radius 2 is 2.15 bits per heavy atom. The van der Waals surface area contributed by atoms with E-state index in [-0.39, 0.29) is 11.8 Å². The van der Waals surface area contributed by atoms with Crippen LogP contribution in [0.5, 0.6) is 0 Å². The molecule has 0 saturated carbocycles. The molecule has 0 aromatic heterocycles. The fourth-order valence-electron chi connectivity index (χ4n) is 1.43. The number of hydrogen-bond donors (Lipinski definition) is 1. The topological polar surface area (TPSA) is 29.1 Å². The minimum absolute atomic E-state index is 0.144. The van der Waals surface area contributed by atoms with Crippen LogP contribution in [0.25, 0.3) is 6.08 Å². The van der Waals surface area contributed by atoms with E-state index in [1.807, 2.05) is 36.4 Å². The highest BCUT2D eigenvalue weighted by Gasteiger charge is 2.14. The Balaban J connectivity index is 2.34. The second-order valence-electron chi connectivity index (χ2n) is 3.18. The summed E-state index contributed by atoms with van der Waals surface area (Å²) >= 11 is 0. The van der Waals surface area contributed by atoms with E-state index in [4.69, 9.17) is 0 Å². The van der Waals surface area contributed by atoms with Gasteiger partial charge >= 0.3 is 0 Å². The first kappa shape index (κ1) is 8.05. The van der Waals surface area contributed by atoms with Crippen LogP contribution in [-0.2, 0) is 4.79 Å². The molecule has 1 atom stereocenters. The van der Waals surface area contributed by atoms with E-state index < -0.39 is 0 Å². The average Bonchev–Trinajstić information content (AvgIpc) is 2.17. The van der Waals surface area contributed by atoms with Crippen molar-refractivity contribution in [2.45, 2.75) is 13.0 Å². The number of carbonyl (C=O) groups excluding carboxylic acids is 1. The molecule has 1 aromatic carbocycles. The van der Waals surface area contributed by atoms with Crippen molar-refractivity contribution in [1.29, 1.82) is 0 Å². The summed E-state index contributed by atoms with van der Waals surface area (Å²) in [5.74, 6) is 0.144. The van der Waals surface area contributed by atoms with Gasteiger partial charge in [0.2, 0.25) is 0 Å². The average molecular weight is 173 g/mol. The maximum Gasteiger partial charge on any atom is 0.155 e. The summed E-state index contributed by atoms with van der Waals surface area (Å²) in [7, 11) is 0. The number of nitrogens with one attached hydrogen (secondary N) is 1. The first-order valence-corrected chi connectivity index (χ1v) is 4.31. The van der Waals surface area contributed by atoms with E-state index in [2.05, 4.69) is 5.32 Å². The third-order valence-electron chi connectivity index (χ3n) is 2.18. The number of anilines is 1. The third kappa shape index (κ3) is 1.47. The van der Waals surface area contributed by atoms with Gasteiger partial charge in [-0.15, -0.1) is 0 Å². The van der Waals surface area contributed by atoms with Crippen molar-refractivity contribution in [3.63, 3.8) is 0 Å². The predicted octanol–water partition coefficient (Wildman–Crippen LogP) is 2.08. The zero-order chi connectivity index (χ0) is 9.26. The molecule has 0 spiro atoms. The number of carbonyl (C=O) groups is 1. The van der Waals surface area contributed by atoms with Crippen molar-refractivity contribution in [2.75, 3.05) is 5.32 Å². The molecule has 1 aromatic rings. The molecule has 1 N–H and O–H groups in total. The van der Waals surface area contributed by atoms with Gasteiger partial charge in [-0.05, 0) is 18.6 Å². The van der Waals surface area contributed by atoms with E-state index >= 15 is 0 Å². The molecule has 1 unspecified atom stereocenters. The van der Waals surface area contributed by atoms with Gasteiger partial charge in [0.1, 0.15) is 6.04 Å². The normalized spacial score (nSPS) is 19.0. The molecule has 1 aliphatic rings. The molecule has 0 fully saturated rings. The standard InChI is InChI=1S/C11H11NO/c1-8(13)10-7-6-9-4-2-3-5-11(9)12-10/h2-7,10,12H,1H3. The van der Waals surface area contributed by atoms with E-state index in [9.17, 15) is 4.79 Å². The molecular weight excluding hydrogens is 162 g/mol. The van der Waals surface area contributed by atoms with Gasteiger partial charge in [-0.2, -0.15) is 0 Å². The quantitative estimate of drug-likeness (QED) is 0.704. The highest BCUT2D eigenvalue weighted by Crippen LogP contribution is 2.22. The summed E-state index contributed by atoms with van der Waals surface area (Å²) in [6.45, 7) is 1.59. The number of para-hydroxylation sites is 1. The lowest BCUT2D eigenvalue weighted by Gasteiger charge is -2.19. The molecular formula is C11H11NO. The van der Waals surface area contributed by atoms with Crippen molar-refractivity contribution >= 4 is 17.5 Å². The number of hydrogen-bond acceptors (Lipinski definition) is 2. The van der Waals surface area contributed by atoms with Crippen LogP contribution in [0.2, 0.25) is 0 Å². The van der Waals surface area contributed by atoms with Crippen LogP contribution in [-0.4, -0.2) is 11.8 Å². The lowest BCUT2D eigenvalue weighted by Crippen LogP contribution is -2.27. The fourth-order valence-corrected chi connectivity index (χ4v) is 1.43.